The molecule has 0 aliphatic heterocycles. The number of nitrogens with zero attached hydrogens (tertiary/aromatic N) is 2. The first-order chi connectivity index (χ1) is 7.16. The molecule has 4 nitrogen and oxygen atoms in total. The highest BCUT2D eigenvalue weighted by molar-refractivity contribution is 9.10. The Hall–Kier alpha value is -0.660. The predicted octanol–water partition coefficient (Wildman–Crippen LogP) is 2.82. The molecule has 0 fully saturated rings. The topological polar surface area (TPSA) is 45.6 Å². The third-order valence-corrected chi connectivity index (χ3v) is 3.84. The molecule has 0 unspecified atom stereocenters. The van der Waals surface area contributed by atoms with Gasteiger partial charge in [0.25, 0.3) is 0 Å². The van der Waals surface area contributed by atoms with E-state index in [1.54, 1.807) is 16.0 Å². The summed E-state index contributed by atoms with van der Waals surface area (Å²) in [6.07, 6.45) is 0. The van der Waals surface area contributed by atoms with Gasteiger partial charge in [0.05, 0.1) is 6.54 Å². The number of hydrogen-bond donors (Lipinski definition) is 2. The van der Waals surface area contributed by atoms with Crippen LogP contribution in [-0.2, 0) is 6.54 Å². The van der Waals surface area contributed by atoms with Gasteiger partial charge in [0.1, 0.15) is 5.82 Å². The second-order valence-electron chi connectivity index (χ2n) is 2.98. The summed E-state index contributed by atoms with van der Waals surface area (Å²) in [4.78, 5) is 1.24. The van der Waals surface area contributed by atoms with Crippen molar-refractivity contribution in [3.63, 3.8) is 0 Å². The average molecular weight is 305 g/mol. The molecule has 7 heteroatoms. The molecule has 2 heterocycles. The molecule has 0 atom stereocenters. The van der Waals surface area contributed by atoms with Gasteiger partial charge in [0.15, 0.2) is 0 Å². The van der Waals surface area contributed by atoms with Crippen LogP contribution < -0.4 is 5.43 Å². The van der Waals surface area contributed by atoms with Crippen LogP contribution in [0.25, 0.3) is 0 Å². The van der Waals surface area contributed by atoms with Gasteiger partial charge in [-0.15, -0.1) is 11.3 Å². The molecule has 0 aliphatic rings. The molecule has 0 amide bonds. The van der Waals surface area contributed by atoms with Gasteiger partial charge in [-0.05, 0) is 41.1 Å². The standard InChI is InChI=1S/C8H9BrN4S2/c1-5-11-12-8(14)13(5)10-3-7-2-6(9)4-15-7/h2,4,10H,3H2,1H3,(H,12,14). The zero-order valence-corrected chi connectivity index (χ0v) is 11.2. The number of halogens is 1. The Balaban J connectivity index is 2.08. The van der Waals surface area contributed by atoms with Crippen LogP contribution in [0.2, 0.25) is 0 Å². The molecular formula is C8H9BrN4S2. The van der Waals surface area contributed by atoms with Gasteiger partial charge >= 0.3 is 0 Å². The highest BCUT2D eigenvalue weighted by Crippen LogP contribution is 2.19. The number of H-pyrrole nitrogens is 1. The van der Waals surface area contributed by atoms with E-state index < -0.39 is 0 Å². The molecule has 0 aromatic carbocycles. The molecule has 80 valence electrons. The Morgan fingerprint density at radius 3 is 3.07 bits per heavy atom. The van der Waals surface area contributed by atoms with E-state index in [4.69, 9.17) is 12.2 Å². The molecule has 2 rings (SSSR count). The zero-order chi connectivity index (χ0) is 10.8. The van der Waals surface area contributed by atoms with Crippen LogP contribution in [-0.4, -0.2) is 14.9 Å². The van der Waals surface area contributed by atoms with Crippen molar-refractivity contribution in [2.45, 2.75) is 13.5 Å². The first-order valence-electron chi connectivity index (χ1n) is 4.27. The van der Waals surface area contributed by atoms with Gasteiger partial charge in [0.2, 0.25) is 4.77 Å². The number of hydrogen-bond acceptors (Lipinski definition) is 4. The van der Waals surface area contributed by atoms with Crippen molar-refractivity contribution in [3.05, 3.63) is 31.4 Å². The number of aromatic nitrogens is 3. The van der Waals surface area contributed by atoms with Crippen LogP contribution in [0, 0.1) is 11.7 Å². The fourth-order valence-electron chi connectivity index (χ4n) is 1.17. The van der Waals surface area contributed by atoms with Crippen molar-refractivity contribution in [1.29, 1.82) is 0 Å². The maximum atomic E-state index is 5.07. The smallest absolute Gasteiger partial charge is 0.214 e. The third-order valence-electron chi connectivity index (χ3n) is 1.87. The van der Waals surface area contributed by atoms with Crippen molar-refractivity contribution in [2.24, 2.45) is 0 Å². The van der Waals surface area contributed by atoms with Crippen LogP contribution in [0.4, 0.5) is 0 Å². The van der Waals surface area contributed by atoms with E-state index in [-0.39, 0.29) is 0 Å². The minimum absolute atomic E-state index is 0.586. The van der Waals surface area contributed by atoms with Crippen LogP contribution >= 0.6 is 39.5 Å². The van der Waals surface area contributed by atoms with Gasteiger partial charge < -0.3 is 5.43 Å². The average Bonchev–Trinajstić information content (AvgIpc) is 2.73. The molecule has 0 aliphatic carbocycles. The van der Waals surface area contributed by atoms with E-state index >= 15 is 0 Å². The molecule has 0 saturated carbocycles. The number of thiophene rings is 1. The van der Waals surface area contributed by atoms with E-state index in [1.807, 2.05) is 6.92 Å². The van der Waals surface area contributed by atoms with Gasteiger partial charge in [-0.3, -0.25) is 5.10 Å². The molecule has 0 spiro atoms. The number of aryl methyl sites for hydroxylation is 1. The molecular weight excluding hydrogens is 296 g/mol. The van der Waals surface area contributed by atoms with Gasteiger partial charge in [-0.25, -0.2) is 4.68 Å². The van der Waals surface area contributed by atoms with E-state index in [9.17, 15) is 0 Å². The normalized spacial score (nSPS) is 10.5. The van der Waals surface area contributed by atoms with E-state index in [0.717, 1.165) is 16.8 Å². The van der Waals surface area contributed by atoms with Crippen molar-refractivity contribution in [2.75, 3.05) is 5.43 Å². The van der Waals surface area contributed by atoms with Crippen molar-refractivity contribution in [1.82, 2.24) is 14.9 Å². The Morgan fingerprint density at radius 1 is 1.73 bits per heavy atom. The SMILES string of the molecule is Cc1n[nH]c(=S)n1NCc1cc(Br)cs1. The second-order valence-corrected chi connectivity index (χ2v) is 5.28. The van der Waals surface area contributed by atoms with Crippen LogP contribution in [0.1, 0.15) is 10.7 Å². The Labute approximate surface area is 104 Å². The van der Waals surface area contributed by atoms with Gasteiger partial charge in [-0.1, -0.05) is 0 Å². The van der Waals surface area contributed by atoms with Crippen LogP contribution in [0.3, 0.4) is 0 Å². The lowest BCUT2D eigenvalue weighted by atomic mass is 10.5. The Bertz CT molecular complexity index is 513. The Kier molecular flexibility index (Phi) is 3.22. The van der Waals surface area contributed by atoms with E-state index in [1.165, 1.54) is 4.88 Å². The summed E-state index contributed by atoms with van der Waals surface area (Å²) in [5, 5.41) is 8.79. The number of nitrogens with one attached hydrogen (secondary N) is 2. The lowest BCUT2D eigenvalue weighted by molar-refractivity contribution is 0.799. The van der Waals surface area contributed by atoms with Crippen molar-refractivity contribution >= 4 is 39.5 Å². The number of aromatic amines is 1. The maximum absolute atomic E-state index is 5.07. The quantitative estimate of drug-likeness (QED) is 0.857. The van der Waals surface area contributed by atoms with E-state index in [0.29, 0.717) is 4.77 Å². The zero-order valence-electron chi connectivity index (χ0n) is 7.95. The van der Waals surface area contributed by atoms with Crippen molar-refractivity contribution < 1.29 is 0 Å². The molecule has 2 aromatic heterocycles. The lowest BCUT2D eigenvalue weighted by Gasteiger charge is -2.05. The van der Waals surface area contributed by atoms with Gasteiger partial charge in [0, 0.05) is 14.7 Å². The first-order valence-corrected chi connectivity index (χ1v) is 6.35. The van der Waals surface area contributed by atoms with Crippen LogP contribution in [0.5, 0.6) is 0 Å². The summed E-state index contributed by atoms with van der Waals surface area (Å²) in [5.74, 6) is 0.829. The molecule has 0 bridgehead atoms. The van der Waals surface area contributed by atoms with Crippen LogP contribution in [0.15, 0.2) is 15.9 Å². The highest BCUT2D eigenvalue weighted by Gasteiger charge is 2.01. The summed E-state index contributed by atoms with van der Waals surface area (Å²) in [7, 11) is 0. The minimum atomic E-state index is 0.586. The summed E-state index contributed by atoms with van der Waals surface area (Å²) in [6.45, 7) is 2.63. The molecule has 15 heavy (non-hydrogen) atoms. The summed E-state index contributed by atoms with van der Waals surface area (Å²) < 4.78 is 3.46. The van der Waals surface area contributed by atoms with Crippen molar-refractivity contribution in [3.8, 4) is 0 Å². The fraction of sp³-hybridized carbons (Fsp3) is 0.250. The molecule has 0 radical (unpaired) electrons. The monoisotopic (exact) mass is 304 g/mol. The fourth-order valence-corrected chi connectivity index (χ4v) is 2.79. The second kappa shape index (κ2) is 4.46. The van der Waals surface area contributed by atoms with E-state index in [2.05, 4.69) is 43.0 Å². The summed E-state index contributed by atoms with van der Waals surface area (Å²) in [6, 6.07) is 2.08. The summed E-state index contributed by atoms with van der Waals surface area (Å²) in [5.41, 5.74) is 3.20. The molecule has 2 aromatic rings. The Morgan fingerprint density at radius 2 is 2.53 bits per heavy atom. The first kappa shape index (κ1) is 10.8. The van der Waals surface area contributed by atoms with Gasteiger partial charge in [-0.2, -0.15) is 5.10 Å². The maximum Gasteiger partial charge on any atom is 0.214 e. The molecule has 2 N–H and O–H groups in total. The number of rotatable bonds is 3. The predicted molar refractivity (Wildman–Crippen MR) is 67.2 cm³/mol. The molecule has 0 saturated heterocycles. The summed E-state index contributed by atoms with van der Waals surface area (Å²) >= 11 is 10.2. The lowest BCUT2D eigenvalue weighted by Crippen LogP contribution is -2.15. The highest BCUT2D eigenvalue weighted by atomic mass is 79.9. The largest absolute Gasteiger partial charge is 0.317 e. The third kappa shape index (κ3) is 2.47. The minimum Gasteiger partial charge on any atom is -0.317 e.